The van der Waals surface area contributed by atoms with E-state index in [4.69, 9.17) is 4.74 Å². The molecule has 1 aliphatic heterocycles. The number of hydrogen-bond donors (Lipinski definition) is 1. The molecule has 1 fully saturated rings. The number of halogens is 3. The number of nitro groups is 1. The third kappa shape index (κ3) is 6.44. The van der Waals surface area contributed by atoms with E-state index in [0.29, 0.717) is 25.8 Å². The zero-order valence-electron chi connectivity index (χ0n) is 17.0. The fourth-order valence-corrected chi connectivity index (χ4v) is 4.22. The number of carbonyl (C=O) groups is 1. The minimum absolute atomic E-state index is 0.00550. The van der Waals surface area contributed by atoms with E-state index >= 15 is 0 Å². The number of morpholine rings is 1. The van der Waals surface area contributed by atoms with Gasteiger partial charge in [0.15, 0.2) is 0 Å². The number of ether oxygens (including phenoxy) is 1. The van der Waals surface area contributed by atoms with Gasteiger partial charge < -0.3 is 10.1 Å². The lowest BCUT2D eigenvalue weighted by atomic mass is 10.0. The first-order valence-electron chi connectivity index (χ1n) is 9.87. The van der Waals surface area contributed by atoms with Crippen LogP contribution in [-0.2, 0) is 15.7 Å². The highest BCUT2D eigenvalue weighted by molar-refractivity contribution is 8.00. The summed E-state index contributed by atoms with van der Waals surface area (Å²) >= 11 is 0.831. The number of rotatable bonds is 8. The van der Waals surface area contributed by atoms with Gasteiger partial charge >= 0.3 is 6.18 Å². The van der Waals surface area contributed by atoms with E-state index in [2.05, 4.69) is 10.2 Å². The summed E-state index contributed by atoms with van der Waals surface area (Å²) in [6, 6.07) is 11.9. The second-order valence-corrected chi connectivity index (χ2v) is 8.12. The average molecular weight is 469 g/mol. The van der Waals surface area contributed by atoms with Crippen molar-refractivity contribution in [2.24, 2.45) is 0 Å². The molecule has 1 saturated heterocycles. The predicted octanol–water partition coefficient (Wildman–Crippen LogP) is 3.90. The van der Waals surface area contributed by atoms with Crippen LogP contribution in [0.5, 0.6) is 0 Å². The largest absolute Gasteiger partial charge is 0.416 e. The fourth-order valence-electron chi connectivity index (χ4n) is 3.39. The Morgan fingerprint density at radius 1 is 1.19 bits per heavy atom. The summed E-state index contributed by atoms with van der Waals surface area (Å²) in [5.41, 5.74) is -0.733. The molecule has 1 heterocycles. The molecule has 3 rings (SSSR count). The lowest BCUT2D eigenvalue weighted by Crippen LogP contribution is -2.44. The molecular formula is C21H22F3N3O4S. The molecule has 172 valence electrons. The van der Waals surface area contributed by atoms with Crippen molar-refractivity contribution in [1.29, 1.82) is 0 Å². The van der Waals surface area contributed by atoms with Crippen LogP contribution in [0.3, 0.4) is 0 Å². The number of benzene rings is 2. The Bertz CT molecular complexity index is 938. The van der Waals surface area contributed by atoms with Gasteiger partial charge in [-0.25, -0.2) is 0 Å². The van der Waals surface area contributed by atoms with Gasteiger partial charge in [-0.05, 0) is 17.7 Å². The quantitative estimate of drug-likeness (QED) is 0.359. The predicted molar refractivity (Wildman–Crippen MR) is 113 cm³/mol. The van der Waals surface area contributed by atoms with Crippen LogP contribution in [0, 0.1) is 10.1 Å². The molecule has 0 bridgehead atoms. The van der Waals surface area contributed by atoms with Gasteiger partial charge in [0.05, 0.1) is 40.4 Å². The Labute approximate surface area is 187 Å². The van der Waals surface area contributed by atoms with Crippen molar-refractivity contribution >= 4 is 23.4 Å². The molecule has 0 aliphatic carbocycles. The van der Waals surface area contributed by atoms with E-state index in [1.165, 1.54) is 0 Å². The second kappa shape index (κ2) is 10.8. The highest BCUT2D eigenvalue weighted by Gasteiger charge is 2.33. The van der Waals surface area contributed by atoms with Crippen LogP contribution in [0.15, 0.2) is 53.4 Å². The van der Waals surface area contributed by atoms with Crippen LogP contribution in [-0.4, -0.2) is 54.3 Å². The molecule has 0 aromatic heterocycles. The summed E-state index contributed by atoms with van der Waals surface area (Å²) in [6.07, 6.45) is -4.68. The minimum Gasteiger partial charge on any atom is -0.379 e. The van der Waals surface area contributed by atoms with Gasteiger partial charge in [-0.1, -0.05) is 30.3 Å². The maximum absolute atomic E-state index is 12.8. The summed E-state index contributed by atoms with van der Waals surface area (Å²) < 4.78 is 43.9. The normalized spacial score (nSPS) is 15.8. The zero-order chi connectivity index (χ0) is 23.1. The number of amides is 1. The first-order valence-corrected chi connectivity index (χ1v) is 10.9. The maximum atomic E-state index is 12.8. The fraction of sp³-hybridized carbons (Fsp3) is 0.381. The summed E-state index contributed by atoms with van der Waals surface area (Å²) in [5.74, 6) is -0.519. The first kappa shape index (κ1) is 24.0. The van der Waals surface area contributed by atoms with E-state index in [1.54, 1.807) is 0 Å². The van der Waals surface area contributed by atoms with Gasteiger partial charge in [0, 0.05) is 25.7 Å². The van der Waals surface area contributed by atoms with Crippen LogP contribution >= 0.6 is 11.8 Å². The Morgan fingerprint density at radius 3 is 2.50 bits per heavy atom. The van der Waals surface area contributed by atoms with Gasteiger partial charge in [-0.3, -0.25) is 19.8 Å². The van der Waals surface area contributed by atoms with Crippen LogP contribution < -0.4 is 5.32 Å². The standard InChI is InChI=1S/C21H22F3N3O4S/c22-21(23,24)16-6-7-19(17(12-16)27(29)30)32-14-20(28)25-13-18(15-4-2-1-3-5-15)26-8-10-31-11-9-26/h1-7,12,18H,8-11,13-14H2,(H,25,28). The number of nitro benzene ring substituents is 1. The van der Waals surface area contributed by atoms with Crippen molar-refractivity contribution < 1.29 is 27.6 Å². The highest BCUT2D eigenvalue weighted by atomic mass is 32.2. The molecule has 2 aromatic carbocycles. The van der Waals surface area contributed by atoms with Crippen LogP contribution in [0.25, 0.3) is 0 Å². The molecule has 1 aliphatic rings. The smallest absolute Gasteiger partial charge is 0.379 e. The Balaban J connectivity index is 1.63. The van der Waals surface area contributed by atoms with Crippen molar-refractivity contribution in [1.82, 2.24) is 10.2 Å². The lowest BCUT2D eigenvalue weighted by molar-refractivity contribution is -0.388. The average Bonchev–Trinajstić information content (AvgIpc) is 2.78. The van der Waals surface area contributed by atoms with Crippen LogP contribution in [0.1, 0.15) is 17.2 Å². The summed E-state index contributed by atoms with van der Waals surface area (Å²) in [7, 11) is 0. The molecule has 7 nitrogen and oxygen atoms in total. The monoisotopic (exact) mass is 469 g/mol. The SMILES string of the molecule is O=C(CSc1ccc(C(F)(F)F)cc1[N+](=O)[O-])NCC(c1ccccc1)N1CCOCC1. The van der Waals surface area contributed by atoms with Gasteiger partial charge in [0.2, 0.25) is 5.91 Å². The molecule has 1 amide bonds. The first-order chi connectivity index (χ1) is 15.3. The Kier molecular flexibility index (Phi) is 8.10. The summed E-state index contributed by atoms with van der Waals surface area (Å²) in [4.78, 5) is 25.0. The Morgan fingerprint density at radius 2 is 1.88 bits per heavy atom. The van der Waals surface area contributed by atoms with Crippen LogP contribution in [0.4, 0.5) is 18.9 Å². The Hall–Kier alpha value is -2.63. The van der Waals surface area contributed by atoms with E-state index in [9.17, 15) is 28.1 Å². The van der Waals surface area contributed by atoms with Crippen molar-refractivity contribution in [2.75, 3.05) is 38.6 Å². The zero-order valence-corrected chi connectivity index (χ0v) is 17.8. The van der Waals surface area contributed by atoms with Crippen molar-refractivity contribution in [2.45, 2.75) is 17.1 Å². The lowest BCUT2D eigenvalue weighted by Gasteiger charge is -2.34. The number of carbonyl (C=O) groups excluding carboxylic acids is 1. The molecule has 0 saturated carbocycles. The van der Waals surface area contributed by atoms with Crippen molar-refractivity contribution in [3.63, 3.8) is 0 Å². The number of alkyl halides is 3. The molecule has 32 heavy (non-hydrogen) atoms. The maximum Gasteiger partial charge on any atom is 0.416 e. The van der Waals surface area contributed by atoms with Gasteiger partial charge in [0.25, 0.3) is 5.69 Å². The second-order valence-electron chi connectivity index (χ2n) is 7.10. The van der Waals surface area contributed by atoms with Crippen LogP contribution in [0.2, 0.25) is 0 Å². The molecule has 1 atom stereocenters. The van der Waals surface area contributed by atoms with Crippen molar-refractivity contribution in [3.8, 4) is 0 Å². The summed E-state index contributed by atoms with van der Waals surface area (Å²) in [6.45, 7) is 2.98. The number of nitrogens with one attached hydrogen (secondary N) is 1. The number of thioether (sulfide) groups is 1. The van der Waals surface area contributed by atoms with E-state index in [-0.39, 0.29) is 22.6 Å². The summed E-state index contributed by atoms with van der Waals surface area (Å²) in [5, 5.41) is 14.0. The third-order valence-electron chi connectivity index (χ3n) is 5.01. The molecule has 0 radical (unpaired) electrons. The van der Waals surface area contributed by atoms with Gasteiger partial charge in [-0.15, -0.1) is 11.8 Å². The molecule has 1 N–H and O–H groups in total. The molecule has 11 heteroatoms. The molecule has 1 unspecified atom stereocenters. The molecule has 0 spiro atoms. The topological polar surface area (TPSA) is 84.7 Å². The third-order valence-corrected chi connectivity index (χ3v) is 6.07. The number of hydrogen-bond acceptors (Lipinski definition) is 6. The number of nitrogens with zero attached hydrogens (tertiary/aromatic N) is 2. The molecular weight excluding hydrogens is 447 g/mol. The molecule has 2 aromatic rings. The van der Waals surface area contributed by atoms with Gasteiger partial charge in [0.1, 0.15) is 0 Å². The highest BCUT2D eigenvalue weighted by Crippen LogP contribution is 2.36. The van der Waals surface area contributed by atoms with E-state index in [1.807, 2.05) is 30.3 Å². The van der Waals surface area contributed by atoms with E-state index < -0.39 is 22.4 Å². The minimum atomic E-state index is -4.68. The van der Waals surface area contributed by atoms with E-state index in [0.717, 1.165) is 42.5 Å². The van der Waals surface area contributed by atoms with Crippen molar-refractivity contribution in [3.05, 3.63) is 69.8 Å². The van der Waals surface area contributed by atoms with Gasteiger partial charge in [-0.2, -0.15) is 13.2 Å².